The first-order valence-electron chi connectivity index (χ1n) is 9.90. The molecule has 3 aromatic rings. The van der Waals surface area contributed by atoms with Crippen LogP contribution in [0.4, 0.5) is 5.69 Å². The van der Waals surface area contributed by atoms with Gasteiger partial charge in [-0.2, -0.15) is 5.10 Å². The fraction of sp³-hybridized carbons (Fsp3) is 0.261. The van der Waals surface area contributed by atoms with Crippen LogP contribution in [0.25, 0.3) is 5.69 Å². The zero-order valence-corrected chi connectivity index (χ0v) is 17.6. The van der Waals surface area contributed by atoms with Gasteiger partial charge in [0.25, 0.3) is 5.69 Å². The number of para-hydroxylation sites is 2. The maximum Gasteiger partial charge on any atom is 0.294 e. The second-order valence-corrected chi connectivity index (χ2v) is 8.02. The van der Waals surface area contributed by atoms with Crippen molar-refractivity contribution in [3.05, 3.63) is 98.3 Å². The lowest BCUT2D eigenvalue weighted by Crippen LogP contribution is -2.25. The van der Waals surface area contributed by atoms with Gasteiger partial charge in [-0.05, 0) is 44.0 Å². The molecular formula is C23H23ClN4O2. The number of nitro groups is 1. The van der Waals surface area contributed by atoms with Gasteiger partial charge < -0.3 is 5.32 Å². The van der Waals surface area contributed by atoms with E-state index < -0.39 is 0 Å². The molecular weight excluding hydrogens is 400 g/mol. The van der Waals surface area contributed by atoms with Crippen LogP contribution >= 0.6 is 11.6 Å². The van der Waals surface area contributed by atoms with E-state index in [0.717, 1.165) is 40.5 Å². The van der Waals surface area contributed by atoms with E-state index >= 15 is 0 Å². The van der Waals surface area contributed by atoms with Crippen LogP contribution in [-0.4, -0.2) is 20.7 Å². The Hall–Kier alpha value is -2.96. The molecule has 1 aromatic heterocycles. The molecule has 0 saturated heterocycles. The lowest BCUT2D eigenvalue weighted by Gasteiger charge is -2.15. The molecule has 0 bridgehead atoms. The third-order valence-electron chi connectivity index (χ3n) is 5.57. The molecule has 2 atom stereocenters. The fourth-order valence-electron chi connectivity index (χ4n) is 4.18. The van der Waals surface area contributed by atoms with E-state index in [1.54, 1.807) is 22.9 Å². The van der Waals surface area contributed by atoms with Crippen molar-refractivity contribution in [1.82, 2.24) is 15.1 Å². The second kappa shape index (κ2) is 8.42. The minimum absolute atomic E-state index is 0.0534. The minimum Gasteiger partial charge on any atom is -0.306 e. The van der Waals surface area contributed by atoms with Crippen molar-refractivity contribution in [2.75, 3.05) is 0 Å². The quantitative estimate of drug-likeness (QED) is 0.334. The summed E-state index contributed by atoms with van der Waals surface area (Å²) in [4.78, 5) is 11.1. The summed E-state index contributed by atoms with van der Waals surface area (Å²) < 4.78 is 1.70. The van der Waals surface area contributed by atoms with Crippen LogP contribution in [0, 0.1) is 24.0 Å². The van der Waals surface area contributed by atoms with Gasteiger partial charge in [-0.3, -0.25) is 10.1 Å². The number of aryl methyl sites for hydroxylation is 1. The molecule has 0 aliphatic heterocycles. The average molecular weight is 423 g/mol. The van der Waals surface area contributed by atoms with Gasteiger partial charge in [-0.1, -0.05) is 48.0 Å². The molecule has 0 radical (unpaired) electrons. The third-order valence-corrected chi connectivity index (χ3v) is 5.80. The molecule has 1 heterocycles. The number of aromatic nitrogens is 2. The van der Waals surface area contributed by atoms with Crippen LogP contribution in [0.1, 0.15) is 34.9 Å². The van der Waals surface area contributed by atoms with Gasteiger partial charge in [0.15, 0.2) is 0 Å². The van der Waals surface area contributed by atoms with Crippen molar-refractivity contribution in [2.24, 2.45) is 0 Å². The lowest BCUT2D eigenvalue weighted by molar-refractivity contribution is -0.384. The molecule has 0 spiro atoms. The molecule has 6 nitrogen and oxygen atoms in total. The third kappa shape index (κ3) is 4.01. The van der Waals surface area contributed by atoms with E-state index in [9.17, 15) is 10.1 Å². The molecule has 1 aliphatic rings. The van der Waals surface area contributed by atoms with E-state index in [1.807, 2.05) is 32.0 Å². The maximum absolute atomic E-state index is 11.4. The molecule has 0 amide bonds. The van der Waals surface area contributed by atoms with Crippen LogP contribution in [0.3, 0.4) is 0 Å². The predicted octanol–water partition coefficient (Wildman–Crippen LogP) is 5.25. The number of halogens is 1. The van der Waals surface area contributed by atoms with Crippen molar-refractivity contribution in [1.29, 1.82) is 0 Å². The summed E-state index contributed by atoms with van der Waals surface area (Å²) >= 11 is 6.07. The summed E-state index contributed by atoms with van der Waals surface area (Å²) in [6.45, 7) is 4.69. The second-order valence-electron chi connectivity index (χ2n) is 7.59. The summed E-state index contributed by atoms with van der Waals surface area (Å²) in [6.07, 6.45) is 5.32. The van der Waals surface area contributed by atoms with Gasteiger partial charge in [-0.15, -0.1) is 0 Å². The van der Waals surface area contributed by atoms with E-state index in [-0.39, 0.29) is 22.6 Å². The summed E-state index contributed by atoms with van der Waals surface area (Å²) in [5, 5.41) is 20.4. The molecule has 0 unspecified atom stereocenters. The molecule has 2 aromatic carbocycles. The van der Waals surface area contributed by atoms with Gasteiger partial charge in [0.2, 0.25) is 0 Å². The molecule has 30 heavy (non-hydrogen) atoms. The highest BCUT2D eigenvalue weighted by Gasteiger charge is 2.27. The number of allylic oxidation sites excluding steroid dienone is 1. The first-order chi connectivity index (χ1) is 14.4. The average Bonchev–Trinajstić information content (AvgIpc) is 3.30. The van der Waals surface area contributed by atoms with Crippen molar-refractivity contribution in [3.8, 4) is 5.69 Å². The Bertz CT molecular complexity index is 1120. The molecule has 0 fully saturated rings. The number of rotatable bonds is 6. The van der Waals surface area contributed by atoms with Gasteiger partial charge in [0.05, 0.1) is 10.6 Å². The van der Waals surface area contributed by atoms with Gasteiger partial charge in [-0.25, -0.2) is 4.68 Å². The first kappa shape index (κ1) is 20.3. The number of hydrogen-bond donors (Lipinski definition) is 1. The Morgan fingerprint density at radius 3 is 2.77 bits per heavy atom. The molecule has 4 rings (SSSR count). The Kier molecular flexibility index (Phi) is 5.70. The normalized spacial score (nSPS) is 18.1. The Labute approximate surface area is 180 Å². The minimum atomic E-state index is -0.364. The highest BCUT2D eigenvalue weighted by molar-refractivity contribution is 6.30. The molecule has 1 aliphatic carbocycles. The van der Waals surface area contributed by atoms with Gasteiger partial charge in [0.1, 0.15) is 5.69 Å². The summed E-state index contributed by atoms with van der Waals surface area (Å²) in [5.41, 5.74) is 4.67. The molecule has 1 N–H and O–H groups in total. The Balaban J connectivity index is 1.52. The highest BCUT2D eigenvalue weighted by atomic mass is 35.5. The topological polar surface area (TPSA) is 73.0 Å². The van der Waals surface area contributed by atoms with E-state index in [2.05, 4.69) is 28.6 Å². The zero-order chi connectivity index (χ0) is 21.3. The monoisotopic (exact) mass is 422 g/mol. The SMILES string of the molecule is Cc1nn(-c2ccccc2[N+](=O)[O-])c(C)c1[C@@H]1C=C[C@@H](NCc2cccc(Cl)c2)C1. The smallest absolute Gasteiger partial charge is 0.294 e. The van der Waals surface area contributed by atoms with Crippen LogP contribution in [0.2, 0.25) is 5.02 Å². The Morgan fingerprint density at radius 1 is 1.20 bits per heavy atom. The first-order valence-corrected chi connectivity index (χ1v) is 10.3. The summed E-state index contributed by atoms with van der Waals surface area (Å²) in [5.74, 6) is 0.221. The van der Waals surface area contributed by atoms with E-state index in [1.165, 1.54) is 6.07 Å². The van der Waals surface area contributed by atoms with Gasteiger partial charge >= 0.3 is 0 Å². The molecule has 0 saturated carbocycles. The fourth-order valence-corrected chi connectivity index (χ4v) is 4.40. The van der Waals surface area contributed by atoms with Crippen molar-refractivity contribution in [2.45, 2.75) is 38.8 Å². The van der Waals surface area contributed by atoms with Gasteiger partial charge in [0, 0.05) is 40.9 Å². The largest absolute Gasteiger partial charge is 0.306 e. The summed E-state index contributed by atoms with van der Waals surface area (Å²) in [7, 11) is 0. The number of benzene rings is 2. The molecule has 154 valence electrons. The molecule has 7 heteroatoms. The van der Waals surface area contributed by atoms with Crippen molar-refractivity contribution in [3.63, 3.8) is 0 Å². The highest BCUT2D eigenvalue weighted by Crippen LogP contribution is 2.35. The number of nitro benzene ring substituents is 1. The lowest BCUT2D eigenvalue weighted by atomic mass is 9.96. The van der Waals surface area contributed by atoms with Crippen LogP contribution in [0.5, 0.6) is 0 Å². The van der Waals surface area contributed by atoms with Crippen LogP contribution in [0.15, 0.2) is 60.7 Å². The van der Waals surface area contributed by atoms with Crippen molar-refractivity contribution < 1.29 is 4.92 Å². The summed E-state index contributed by atoms with van der Waals surface area (Å²) in [6, 6.07) is 14.8. The Morgan fingerprint density at radius 2 is 2.00 bits per heavy atom. The van der Waals surface area contributed by atoms with Crippen LogP contribution in [-0.2, 0) is 6.54 Å². The number of nitrogens with one attached hydrogen (secondary N) is 1. The van der Waals surface area contributed by atoms with E-state index in [0.29, 0.717) is 5.69 Å². The van der Waals surface area contributed by atoms with Crippen LogP contribution < -0.4 is 5.32 Å². The maximum atomic E-state index is 11.4. The predicted molar refractivity (Wildman–Crippen MR) is 118 cm³/mol. The standard InChI is InChI=1S/C23H23ClN4O2/c1-15-23(16(2)27(26-15)21-8-3-4-9-22(21)28(29)30)18-10-11-20(13-18)25-14-17-6-5-7-19(24)12-17/h3-12,18,20,25H,13-14H2,1-2H3/t18-,20-/m1/s1. The van der Waals surface area contributed by atoms with Crippen molar-refractivity contribution >= 4 is 17.3 Å². The number of nitrogens with zero attached hydrogens (tertiary/aromatic N) is 3. The zero-order valence-electron chi connectivity index (χ0n) is 16.9. The van der Waals surface area contributed by atoms with E-state index in [4.69, 9.17) is 11.6 Å². The number of hydrogen-bond acceptors (Lipinski definition) is 4.